The van der Waals surface area contributed by atoms with Gasteiger partial charge in [-0.3, -0.25) is 4.79 Å². The fourth-order valence-electron chi connectivity index (χ4n) is 5.46. The number of aliphatic hydroxyl groups excluding tert-OH is 1. The van der Waals surface area contributed by atoms with Crippen LogP contribution in [-0.2, 0) is 6.61 Å². The van der Waals surface area contributed by atoms with Crippen LogP contribution < -0.4 is 15.6 Å². The van der Waals surface area contributed by atoms with Crippen molar-refractivity contribution in [2.24, 2.45) is 5.41 Å². The molecule has 5 rings (SSSR count). The van der Waals surface area contributed by atoms with Crippen molar-refractivity contribution >= 4 is 34.1 Å². The Kier molecular flexibility index (Phi) is 7.64. The van der Waals surface area contributed by atoms with E-state index in [9.17, 15) is 14.3 Å². The van der Waals surface area contributed by atoms with Crippen LogP contribution in [0.5, 0.6) is 0 Å². The smallest absolute Gasteiger partial charge is 0.202 e. The van der Waals surface area contributed by atoms with Crippen molar-refractivity contribution in [2.45, 2.75) is 60.1 Å². The molecule has 0 amide bonds. The second-order valence-electron chi connectivity index (χ2n) is 11.6. The van der Waals surface area contributed by atoms with Crippen molar-refractivity contribution in [3.63, 3.8) is 0 Å². The number of nitrogens with zero attached hydrogens (tertiary/aromatic N) is 2. The van der Waals surface area contributed by atoms with Gasteiger partial charge in [0, 0.05) is 24.2 Å². The molecular weight excluding hydrogens is 529 g/mol. The van der Waals surface area contributed by atoms with Crippen LogP contribution in [0.3, 0.4) is 0 Å². The van der Waals surface area contributed by atoms with Crippen molar-refractivity contribution in [1.82, 2.24) is 4.98 Å². The zero-order chi connectivity index (χ0) is 28.8. The Morgan fingerprint density at radius 1 is 1.15 bits per heavy atom. The minimum atomic E-state index is -0.474. The first kappa shape index (κ1) is 28.1. The van der Waals surface area contributed by atoms with E-state index in [1.807, 2.05) is 32.9 Å². The SMILES string of the molecule is Cc1cc([C@@H](C)Nc2ccc(Cl)nc2-c2cc(F)cc(CO)c2)c2oc(N3CCC(C)(C)CC3)c(C)c(=O)c2c1. The fourth-order valence-corrected chi connectivity index (χ4v) is 5.60. The molecule has 2 N–H and O–H groups in total. The number of aryl methyl sites for hydroxylation is 1. The molecule has 1 aliphatic rings. The van der Waals surface area contributed by atoms with Gasteiger partial charge in [-0.1, -0.05) is 31.5 Å². The summed E-state index contributed by atoms with van der Waals surface area (Å²) in [6.07, 6.45) is 2.05. The Morgan fingerprint density at radius 3 is 2.58 bits per heavy atom. The molecule has 40 heavy (non-hydrogen) atoms. The molecule has 3 heterocycles. The number of aliphatic hydroxyl groups is 1. The highest BCUT2D eigenvalue weighted by Crippen LogP contribution is 2.37. The Balaban J connectivity index is 1.58. The monoisotopic (exact) mass is 563 g/mol. The van der Waals surface area contributed by atoms with Gasteiger partial charge in [0.15, 0.2) is 5.43 Å². The number of halogens is 2. The van der Waals surface area contributed by atoms with Gasteiger partial charge in [-0.05, 0) is 86.6 Å². The van der Waals surface area contributed by atoms with Crippen LogP contribution in [0.15, 0.2) is 51.7 Å². The molecule has 6 nitrogen and oxygen atoms in total. The minimum Gasteiger partial charge on any atom is -0.440 e. The number of anilines is 2. The Hall–Kier alpha value is -3.42. The molecule has 0 radical (unpaired) electrons. The minimum absolute atomic E-state index is 0.0247. The molecule has 1 aliphatic heterocycles. The summed E-state index contributed by atoms with van der Waals surface area (Å²) in [5, 5.41) is 13.9. The summed E-state index contributed by atoms with van der Waals surface area (Å²) in [6.45, 7) is 11.7. The molecule has 8 heteroatoms. The van der Waals surface area contributed by atoms with Crippen molar-refractivity contribution in [3.8, 4) is 11.3 Å². The van der Waals surface area contributed by atoms with Crippen molar-refractivity contribution in [1.29, 1.82) is 0 Å². The van der Waals surface area contributed by atoms with Crippen LogP contribution in [0.4, 0.5) is 16.0 Å². The van der Waals surface area contributed by atoms with E-state index in [1.165, 1.54) is 12.1 Å². The average molecular weight is 564 g/mol. The van der Waals surface area contributed by atoms with Crippen LogP contribution in [0, 0.1) is 25.1 Å². The largest absolute Gasteiger partial charge is 0.440 e. The maximum absolute atomic E-state index is 14.3. The number of hydrogen-bond donors (Lipinski definition) is 2. The van der Waals surface area contributed by atoms with Gasteiger partial charge < -0.3 is 19.7 Å². The lowest BCUT2D eigenvalue weighted by molar-refractivity contribution is 0.274. The molecule has 0 bridgehead atoms. The Morgan fingerprint density at radius 2 is 1.88 bits per heavy atom. The lowest BCUT2D eigenvalue weighted by atomic mass is 9.82. The number of hydrogen-bond acceptors (Lipinski definition) is 6. The highest BCUT2D eigenvalue weighted by Gasteiger charge is 2.29. The third-order valence-corrected chi connectivity index (χ3v) is 8.09. The standard InChI is InChI=1S/C32H35ClFN3O3/c1-18-12-24(30-25(13-18)29(39)19(2)31(40-30)37-10-8-32(4,5)9-11-37)20(3)35-26-6-7-27(33)36-28(26)22-14-21(17-38)15-23(34)16-22/h6-7,12-16,20,35,38H,8-11,17H2,1-5H3/t20-/m1/s1. The molecular formula is C32H35ClFN3O3. The number of benzene rings is 2. The number of pyridine rings is 1. The van der Waals surface area contributed by atoms with E-state index in [1.54, 1.807) is 18.2 Å². The van der Waals surface area contributed by atoms with Gasteiger partial charge in [0.1, 0.15) is 16.6 Å². The summed E-state index contributed by atoms with van der Waals surface area (Å²) < 4.78 is 20.9. The van der Waals surface area contributed by atoms with Gasteiger partial charge in [0.2, 0.25) is 5.88 Å². The molecule has 1 fully saturated rings. The summed E-state index contributed by atoms with van der Waals surface area (Å²) in [6, 6.07) is 11.4. The molecule has 210 valence electrons. The molecule has 2 aromatic heterocycles. The predicted molar refractivity (Wildman–Crippen MR) is 160 cm³/mol. The van der Waals surface area contributed by atoms with Gasteiger partial charge >= 0.3 is 0 Å². The van der Waals surface area contributed by atoms with Crippen LogP contribution in [-0.4, -0.2) is 23.2 Å². The maximum Gasteiger partial charge on any atom is 0.202 e. The van der Waals surface area contributed by atoms with Crippen LogP contribution >= 0.6 is 11.6 Å². The Bertz CT molecular complexity index is 1640. The van der Waals surface area contributed by atoms with Gasteiger partial charge in [-0.2, -0.15) is 0 Å². The van der Waals surface area contributed by atoms with Crippen molar-refractivity contribution < 1.29 is 13.9 Å². The molecule has 2 aromatic carbocycles. The topological polar surface area (TPSA) is 78.6 Å². The molecule has 0 aliphatic carbocycles. The van der Waals surface area contributed by atoms with E-state index in [0.717, 1.165) is 37.1 Å². The second kappa shape index (κ2) is 10.9. The quantitative estimate of drug-likeness (QED) is 0.236. The van der Waals surface area contributed by atoms with E-state index in [2.05, 4.69) is 29.0 Å². The zero-order valence-corrected chi connectivity index (χ0v) is 24.3. The van der Waals surface area contributed by atoms with Crippen LogP contribution in [0.25, 0.3) is 22.2 Å². The fraction of sp³-hybridized carbons (Fsp3) is 0.375. The van der Waals surface area contributed by atoms with Crippen LogP contribution in [0.2, 0.25) is 5.15 Å². The lowest BCUT2D eigenvalue weighted by Gasteiger charge is -2.37. The summed E-state index contributed by atoms with van der Waals surface area (Å²) in [5.74, 6) is 0.160. The molecule has 1 atom stereocenters. The first-order valence-corrected chi connectivity index (χ1v) is 14.0. The number of rotatable bonds is 6. The Labute approximate surface area is 238 Å². The highest BCUT2D eigenvalue weighted by molar-refractivity contribution is 6.29. The van der Waals surface area contributed by atoms with Gasteiger partial charge in [-0.15, -0.1) is 0 Å². The number of piperidine rings is 1. The first-order chi connectivity index (χ1) is 19.0. The van der Waals surface area contributed by atoms with Gasteiger partial charge in [0.25, 0.3) is 0 Å². The predicted octanol–water partition coefficient (Wildman–Crippen LogP) is 7.56. The molecule has 4 aromatic rings. The summed E-state index contributed by atoms with van der Waals surface area (Å²) in [4.78, 5) is 20.2. The number of aromatic nitrogens is 1. The average Bonchev–Trinajstić information content (AvgIpc) is 2.91. The third kappa shape index (κ3) is 5.58. The van der Waals surface area contributed by atoms with Gasteiger partial charge in [-0.25, -0.2) is 9.37 Å². The van der Waals surface area contributed by atoms with E-state index < -0.39 is 5.82 Å². The highest BCUT2D eigenvalue weighted by atomic mass is 35.5. The number of fused-ring (bicyclic) bond motifs is 1. The first-order valence-electron chi connectivity index (χ1n) is 13.6. The lowest BCUT2D eigenvalue weighted by Crippen LogP contribution is -2.38. The van der Waals surface area contributed by atoms with E-state index in [4.69, 9.17) is 16.0 Å². The normalized spacial score (nSPS) is 15.8. The van der Waals surface area contributed by atoms with Crippen LogP contribution in [0.1, 0.15) is 61.9 Å². The molecule has 0 unspecified atom stereocenters. The summed E-state index contributed by atoms with van der Waals surface area (Å²) in [5.41, 5.74) is 5.23. The van der Waals surface area contributed by atoms with E-state index in [-0.39, 0.29) is 28.6 Å². The summed E-state index contributed by atoms with van der Waals surface area (Å²) >= 11 is 6.24. The van der Waals surface area contributed by atoms with Crippen molar-refractivity contribution in [3.05, 3.63) is 85.9 Å². The third-order valence-electron chi connectivity index (χ3n) is 7.88. The molecule has 1 saturated heterocycles. The van der Waals surface area contributed by atoms with Gasteiger partial charge in [0.05, 0.1) is 35.0 Å². The van der Waals surface area contributed by atoms with E-state index in [0.29, 0.717) is 44.9 Å². The molecule has 0 spiro atoms. The molecule has 0 saturated carbocycles. The summed E-state index contributed by atoms with van der Waals surface area (Å²) in [7, 11) is 0. The number of nitrogens with one attached hydrogen (secondary N) is 1. The van der Waals surface area contributed by atoms with Crippen molar-refractivity contribution in [2.75, 3.05) is 23.3 Å². The second-order valence-corrected chi connectivity index (χ2v) is 12.0. The maximum atomic E-state index is 14.3. The zero-order valence-electron chi connectivity index (χ0n) is 23.6. The van der Waals surface area contributed by atoms with E-state index >= 15 is 0 Å².